The monoisotopic (exact) mass is 451 g/mol. The van der Waals surface area contributed by atoms with Gasteiger partial charge >= 0.3 is 0 Å². The van der Waals surface area contributed by atoms with Gasteiger partial charge in [0.05, 0.1) is 11.4 Å². The molecule has 1 aliphatic carbocycles. The van der Waals surface area contributed by atoms with E-state index >= 15 is 0 Å². The van der Waals surface area contributed by atoms with E-state index in [-0.39, 0.29) is 15.0 Å². The lowest BCUT2D eigenvalue weighted by Gasteiger charge is -2.20. The van der Waals surface area contributed by atoms with Crippen LogP contribution in [0.1, 0.15) is 34.3 Å². The minimum Gasteiger partial charge on any atom is -0.397 e. The summed E-state index contributed by atoms with van der Waals surface area (Å²) < 4.78 is 27.4. The van der Waals surface area contributed by atoms with Crippen LogP contribution in [0, 0.1) is 17.6 Å². The first-order valence-corrected chi connectivity index (χ1v) is 10.1. The molecule has 140 valence electrons. The average Bonchev–Trinajstić information content (AvgIpc) is 2.92. The molecule has 1 aromatic carbocycles. The fourth-order valence-electron chi connectivity index (χ4n) is 3.37. The van der Waals surface area contributed by atoms with Crippen molar-refractivity contribution in [3.63, 3.8) is 0 Å². The van der Waals surface area contributed by atoms with Crippen molar-refractivity contribution in [2.24, 2.45) is 5.92 Å². The molecule has 2 aromatic heterocycles. The summed E-state index contributed by atoms with van der Waals surface area (Å²) in [7, 11) is 0. The molecule has 0 radical (unpaired) electrons. The maximum Gasteiger partial charge on any atom is 0.268 e. The molecule has 0 spiro atoms. The highest BCUT2D eigenvalue weighted by molar-refractivity contribution is 9.10. The van der Waals surface area contributed by atoms with Crippen molar-refractivity contribution >= 4 is 54.8 Å². The number of carbonyl (C=O) groups excluding carboxylic acids is 1. The van der Waals surface area contributed by atoms with Crippen LogP contribution in [0.15, 0.2) is 22.7 Å². The zero-order valence-corrected chi connectivity index (χ0v) is 16.8. The van der Waals surface area contributed by atoms with Crippen LogP contribution in [0.25, 0.3) is 10.2 Å². The van der Waals surface area contributed by atoms with Crippen LogP contribution in [0.4, 0.5) is 20.2 Å². The molecule has 1 atom stereocenters. The van der Waals surface area contributed by atoms with Crippen LogP contribution >= 0.6 is 27.3 Å². The second-order valence-electron chi connectivity index (χ2n) is 6.84. The Morgan fingerprint density at radius 2 is 2.15 bits per heavy atom. The quantitative estimate of drug-likeness (QED) is 0.555. The molecule has 2 heterocycles. The van der Waals surface area contributed by atoms with Crippen molar-refractivity contribution in [2.45, 2.75) is 26.2 Å². The number of aryl methyl sites for hydroxylation is 1. The largest absolute Gasteiger partial charge is 0.397 e. The van der Waals surface area contributed by atoms with E-state index in [1.807, 2.05) is 6.07 Å². The molecular weight excluding hydrogens is 436 g/mol. The molecule has 3 N–H and O–H groups in total. The fourth-order valence-corrected chi connectivity index (χ4v) is 4.87. The molecule has 0 saturated carbocycles. The van der Waals surface area contributed by atoms with Crippen LogP contribution < -0.4 is 11.1 Å². The van der Waals surface area contributed by atoms with Gasteiger partial charge in [-0.2, -0.15) is 0 Å². The molecule has 0 fully saturated rings. The summed E-state index contributed by atoms with van der Waals surface area (Å²) >= 11 is 4.25. The number of rotatable bonds is 2. The van der Waals surface area contributed by atoms with E-state index in [2.05, 4.69) is 28.2 Å². The molecule has 1 unspecified atom stereocenters. The molecule has 0 saturated heterocycles. The number of nitrogens with two attached hydrogens (primary N) is 1. The number of benzene rings is 1. The summed E-state index contributed by atoms with van der Waals surface area (Å²) in [4.78, 5) is 18.3. The fraction of sp³-hybridized carbons (Fsp3) is 0.263. The summed E-state index contributed by atoms with van der Waals surface area (Å²) in [6.45, 7) is 2.21. The van der Waals surface area contributed by atoms with Crippen molar-refractivity contribution < 1.29 is 13.6 Å². The maximum atomic E-state index is 14.0. The van der Waals surface area contributed by atoms with Crippen LogP contribution in [0.2, 0.25) is 0 Å². The van der Waals surface area contributed by atoms with Gasteiger partial charge in [0.2, 0.25) is 0 Å². The van der Waals surface area contributed by atoms with Crippen molar-refractivity contribution in [3.8, 4) is 0 Å². The van der Waals surface area contributed by atoms with E-state index in [0.717, 1.165) is 36.4 Å². The van der Waals surface area contributed by atoms with E-state index in [1.165, 1.54) is 16.9 Å². The SMILES string of the molecule is CC1CCc2nc3sc(C(=O)Nc4c(F)cc(F)cc4Br)c(N)c3cc2C1. The third-order valence-corrected chi connectivity index (χ3v) is 6.52. The van der Waals surface area contributed by atoms with Crippen molar-refractivity contribution in [3.05, 3.63) is 50.4 Å². The molecule has 1 amide bonds. The van der Waals surface area contributed by atoms with Gasteiger partial charge in [-0.15, -0.1) is 11.3 Å². The number of thiophene rings is 1. The first kappa shape index (κ1) is 18.3. The Labute approximate surface area is 166 Å². The summed E-state index contributed by atoms with van der Waals surface area (Å²) in [5.41, 5.74) is 8.64. The molecule has 4 nitrogen and oxygen atoms in total. The predicted octanol–water partition coefficient (Wildman–Crippen LogP) is 5.30. The van der Waals surface area contributed by atoms with Gasteiger partial charge in [0, 0.05) is 21.6 Å². The molecule has 8 heteroatoms. The summed E-state index contributed by atoms with van der Waals surface area (Å²) in [5.74, 6) is -1.55. The van der Waals surface area contributed by atoms with Crippen LogP contribution in [-0.2, 0) is 12.8 Å². The Hall–Kier alpha value is -2.06. The number of hydrogen-bond acceptors (Lipinski definition) is 4. The van der Waals surface area contributed by atoms with E-state index in [9.17, 15) is 13.6 Å². The highest BCUT2D eigenvalue weighted by atomic mass is 79.9. The molecule has 3 aromatic rings. The number of pyridine rings is 1. The van der Waals surface area contributed by atoms with Gasteiger partial charge in [-0.05, 0) is 58.8 Å². The Balaban J connectivity index is 1.72. The Bertz CT molecular complexity index is 1060. The van der Waals surface area contributed by atoms with Crippen LogP contribution in [0.3, 0.4) is 0 Å². The lowest BCUT2D eigenvalue weighted by atomic mass is 9.87. The van der Waals surface area contributed by atoms with Crippen LogP contribution in [0.5, 0.6) is 0 Å². The summed E-state index contributed by atoms with van der Waals surface area (Å²) in [6.07, 6.45) is 2.96. The number of halogens is 3. The summed E-state index contributed by atoms with van der Waals surface area (Å²) in [5, 5.41) is 3.22. The number of aromatic nitrogens is 1. The topological polar surface area (TPSA) is 68.0 Å². The number of nitrogen functional groups attached to an aromatic ring is 1. The molecule has 27 heavy (non-hydrogen) atoms. The van der Waals surface area contributed by atoms with E-state index < -0.39 is 17.5 Å². The van der Waals surface area contributed by atoms with Gasteiger partial charge in [-0.1, -0.05) is 6.92 Å². The molecule has 0 bridgehead atoms. The molecule has 1 aliphatic rings. The first-order valence-electron chi connectivity index (χ1n) is 8.50. The predicted molar refractivity (Wildman–Crippen MR) is 107 cm³/mol. The number of fused-ring (bicyclic) bond motifs is 2. The Morgan fingerprint density at radius 3 is 2.89 bits per heavy atom. The molecule has 4 rings (SSSR count). The first-order chi connectivity index (χ1) is 12.8. The standard InChI is InChI=1S/C19H16BrF2N3OS/c1-8-2-3-14-9(4-8)5-11-15(23)17(27-19(11)24-14)18(26)25-16-12(20)6-10(21)7-13(16)22/h5-8H,2-4,23H2,1H3,(H,25,26). The zero-order valence-electron chi connectivity index (χ0n) is 14.4. The smallest absolute Gasteiger partial charge is 0.268 e. The third kappa shape index (κ3) is 3.32. The van der Waals surface area contributed by atoms with E-state index in [4.69, 9.17) is 10.7 Å². The minimum absolute atomic E-state index is 0.121. The zero-order chi connectivity index (χ0) is 19.3. The number of nitrogens with zero attached hydrogens (tertiary/aromatic N) is 1. The number of hydrogen-bond donors (Lipinski definition) is 2. The van der Waals surface area contributed by atoms with Crippen molar-refractivity contribution in [1.29, 1.82) is 0 Å². The van der Waals surface area contributed by atoms with Crippen molar-refractivity contribution in [2.75, 3.05) is 11.1 Å². The highest BCUT2D eigenvalue weighted by Crippen LogP contribution is 2.37. The molecule has 0 aliphatic heterocycles. The summed E-state index contributed by atoms with van der Waals surface area (Å²) in [6, 6.07) is 3.82. The van der Waals surface area contributed by atoms with Gasteiger partial charge in [-0.3, -0.25) is 4.79 Å². The van der Waals surface area contributed by atoms with E-state index in [0.29, 0.717) is 22.5 Å². The normalized spacial score (nSPS) is 16.4. The second-order valence-corrected chi connectivity index (χ2v) is 8.69. The van der Waals surface area contributed by atoms with Gasteiger partial charge in [0.25, 0.3) is 5.91 Å². The third-order valence-electron chi connectivity index (χ3n) is 4.78. The Kier molecular flexibility index (Phi) is 4.63. The maximum absolute atomic E-state index is 14.0. The number of anilines is 2. The molecular formula is C19H16BrF2N3OS. The van der Waals surface area contributed by atoms with Gasteiger partial charge in [0.15, 0.2) is 5.82 Å². The van der Waals surface area contributed by atoms with Gasteiger partial charge < -0.3 is 11.1 Å². The lowest BCUT2D eigenvalue weighted by molar-refractivity contribution is 0.103. The van der Waals surface area contributed by atoms with Gasteiger partial charge in [0.1, 0.15) is 15.5 Å². The second kappa shape index (κ2) is 6.83. The van der Waals surface area contributed by atoms with E-state index in [1.54, 1.807) is 0 Å². The Morgan fingerprint density at radius 1 is 1.37 bits per heavy atom. The number of amides is 1. The minimum atomic E-state index is -0.863. The van der Waals surface area contributed by atoms with Crippen molar-refractivity contribution in [1.82, 2.24) is 4.98 Å². The number of carbonyl (C=O) groups is 1. The van der Waals surface area contributed by atoms with Gasteiger partial charge in [-0.25, -0.2) is 13.8 Å². The average molecular weight is 452 g/mol. The number of nitrogens with one attached hydrogen (secondary N) is 1. The highest BCUT2D eigenvalue weighted by Gasteiger charge is 2.23. The van der Waals surface area contributed by atoms with Crippen LogP contribution in [-0.4, -0.2) is 10.9 Å². The lowest BCUT2D eigenvalue weighted by Crippen LogP contribution is -2.14.